The summed E-state index contributed by atoms with van der Waals surface area (Å²) in [5, 5.41) is 8.86. The van der Waals surface area contributed by atoms with E-state index in [4.69, 9.17) is 25.1 Å². The van der Waals surface area contributed by atoms with E-state index in [0.29, 0.717) is 38.8 Å². The molecule has 0 aliphatic heterocycles. The Morgan fingerprint density at radius 3 is 2.26 bits per heavy atom. The van der Waals surface area contributed by atoms with Crippen LogP contribution in [0.1, 0.15) is 13.8 Å². The number of carbonyl (C=O) groups is 1. The summed E-state index contributed by atoms with van der Waals surface area (Å²) in [4.78, 5) is 10.8. The molecule has 0 amide bonds. The number of ether oxygens (including phenoxy) is 3. The van der Waals surface area contributed by atoms with Crippen LogP contribution in [0, 0.1) is 0 Å². The second kappa shape index (κ2) is 10.4. The number of carboxylic acid groups (broad SMARTS) is 1. The lowest BCUT2D eigenvalue weighted by molar-refractivity contribution is -0.139. The number of hydrogen-bond donors (Lipinski definition) is 2. The van der Waals surface area contributed by atoms with Gasteiger partial charge in [0.05, 0.1) is 33.0 Å². The van der Waals surface area contributed by atoms with Crippen molar-refractivity contribution in [3.8, 4) is 0 Å². The zero-order valence-corrected chi connectivity index (χ0v) is 12.7. The van der Waals surface area contributed by atoms with Crippen LogP contribution in [0.15, 0.2) is 0 Å². The van der Waals surface area contributed by atoms with E-state index in [0.717, 1.165) is 0 Å². The van der Waals surface area contributed by atoms with E-state index in [9.17, 15) is 4.79 Å². The van der Waals surface area contributed by atoms with Crippen LogP contribution in [0.4, 0.5) is 0 Å². The van der Waals surface area contributed by atoms with Gasteiger partial charge in [-0.15, -0.1) is 0 Å². The fourth-order valence-electron chi connectivity index (χ4n) is 1.22. The van der Waals surface area contributed by atoms with Gasteiger partial charge in [0.1, 0.15) is 6.04 Å². The number of hydrogen-bond acceptors (Lipinski definition) is 6. The van der Waals surface area contributed by atoms with E-state index < -0.39 is 16.8 Å². The molecule has 1 atom stereocenters. The van der Waals surface area contributed by atoms with E-state index in [1.54, 1.807) is 7.11 Å². The van der Waals surface area contributed by atoms with Crippen molar-refractivity contribution in [1.29, 1.82) is 0 Å². The molecule has 0 aromatic carbocycles. The van der Waals surface area contributed by atoms with Crippen LogP contribution in [0.2, 0.25) is 0 Å². The van der Waals surface area contributed by atoms with Gasteiger partial charge >= 0.3 is 5.97 Å². The van der Waals surface area contributed by atoms with Gasteiger partial charge in [-0.2, -0.15) is 11.8 Å². The first kappa shape index (κ1) is 18.7. The van der Waals surface area contributed by atoms with Gasteiger partial charge in [-0.1, -0.05) is 0 Å². The molecule has 0 aliphatic rings. The Labute approximate surface area is 119 Å². The quantitative estimate of drug-likeness (QED) is 0.509. The highest BCUT2D eigenvalue weighted by Gasteiger charge is 2.32. The highest BCUT2D eigenvalue weighted by molar-refractivity contribution is 8.00. The van der Waals surface area contributed by atoms with Crippen LogP contribution >= 0.6 is 11.8 Å². The predicted octanol–water partition coefficient (Wildman–Crippen LogP) is 0.590. The second-order valence-electron chi connectivity index (χ2n) is 4.49. The maximum absolute atomic E-state index is 10.8. The van der Waals surface area contributed by atoms with Crippen molar-refractivity contribution in [3.63, 3.8) is 0 Å². The van der Waals surface area contributed by atoms with Crippen molar-refractivity contribution in [2.75, 3.05) is 45.9 Å². The number of methoxy groups -OCH3 is 1. The molecular formula is C12H25NO5S. The minimum absolute atomic E-state index is 0.510. The van der Waals surface area contributed by atoms with Gasteiger partial charge in [-0.3, -0.25) is 4.79 Å². The third-order valence-corrected chi connectivity index (χ3v) is 3.89. The average Bonchev–Trinajstić information content (AvgIpc) is 2.35. The maximum Gasteiger partial charge on any atom is 0.321 e. The van der Waals surface area contributed by atoms with Crippen molar-refractivity contribution in [3.05, 3.63) is 0 Å². The van der Waals surface area contributed by atoms with Gasteiger partial charge in [-0.05, 0) is 13.8 Å². The zero-order valence-electron chi connectivity index (χ0n) is 11.9. The second-order valence-corrected chi connectivity index (χ2v) is 6.23. The summed E-state index contributed by atoms with van der Waals surface area (Å²) in [6.45, 7) is 6.40. The lowest BCUT2D eigenvalue weighted by Gasteiger charge is -2.27. The van der Waals surface area contributed by atoms with Crippen molar-refractivity contribution < 1.29 is 24.1 Å². The van der Waals surface area contributed by atoms with Gasteiger partial charge in [0.25, 0.3) is 0 Å². The van der Waals surface area contributed by atoms with E-state index in [1.165, 1.54) is 11.8 Å². The summed E-state index contributed by atoms with van der Waals surface area (Å²) in [5.74, 6) is -0.281. The lowest BCUT2D eigenvalue weighted by Crippen LogP contribution is -2.47. The Kier molecular flexibility index (Phi) is 10.3. The molecule has 0 radical (unpaired) electrons. The van der Waals surface area contributed by atoms with Crippen LogP contribution in [-0.2, 0) is 19.0 Å². The predicted molar refractivity (Wildman–Crippen MR) is 75.7 cm³/mol. The molecule has 0 aliphatic carbocycles. The normalized spacial score (nSPS) is 13.5. The molecule has 0 saturated carbocycles. The Bertz CT molecular complexity index is 250. The number of carboxylic acids is 1. The molecule has 0 fully saturated rings. The van der Waals surface area contributed by atoms with Crippen LogP contribution in [0.25, 0.3) is 0 Å². The van der Waals surface area contributed by atoms with E-state index in [1.807, 2.05) is 13.8 Å². The van der Waals surface area contributed by atoms with Gasteiger partial charge in [-0.25, -0.2) is 0 Å². The molecule has 19 heavy (non-hydrogen) atoms. The number of rotatable bonds is 12. The standard InChI is InChI=1S/C12H25NO5S/c1-12(2,10(13)11(14)15)19-9-8-18-7-6-17-5-4-16-3/h10H,4-9,13H2,1-3H3,(H,14,15)/t10-/m0/s1. The Morgan fingerprint density at radius 1 is 1.21 bits per heavy atom. The third kappa shape index (κ3) is 9.23. The molecule has 6 nitrogen and oxygen atoms in total. The number of thioether (sulfide) groups is 1. The minimum atomic E-state index is -0.982. The molecule has 0 aromatic heterocycles. The summed E-state index contributed by atoms with van der Waals surface area (Å²) in [5.41, 5.74) is 5.61. The lowest BCUT2D eigenvalue weighted by atomic mass is 10.1. The largest absolute Gasteiger partial charge is 0.480 e. The first-order valence-corrected chi connectivity index (χ1v) is 7.17. The van der Waals surface area contributed by atoms with Crippen LogP contribution in [-0.4, -0.2) is 67.8 Å². The average molecular weight is 295 g/mol. The molecule has 0 spiro atoms. The van der Waals surface area contributed by atoms with Crippen molar-refractivity contribution in [1.82, 2.24) is 0 Å². The molecule has 7 heteroatoms. The summed E-state index contributed by atoms with van der Waals surface area (Å²) in [7, 11) is 1.63. The fraction of sp³-hybridized carbons (Fsp3) is 0.917. The SMILES string of the molecule is COCCOCCOCCSC(C)(C)[C@@H](N)C(=O)O. The fourth-order valence-corrected chi connectivity index (χ4v) is 2.22. The summed E-state index contributed by atoms with van der Waals surface area (Å²) in [6, 6.07) is -0.880. The highest BCUT2D eigenvalue weighted by Crippen LogP contribution is 2.27. The van der Waals surface area contributed by atoms with Gasteiger partial charge in [0.2, 0.25) is 0 Å². The molecule has 0 bridgehead atoms. The first-order chi connectivity index (χ1) is 8.91. The highest BCUT2D eigenvalue weighted by atomic mass is 32.2. The topological polar surface area (TPSA) is 91.0 Å². The van der Waals surface area contributed by atoms with Crippen LogP contribution in [0.5, 0.6) is 0 Å². The summed E-state index contributed by atoms with van der Waals surface area (Å²) in [6.07, 6.45) is 0. The summed E-state index contributed by atoms with van der Waals surface area (Å²) >= 11 is 1.50. The maximum atomic E-state index is 10.8. The molecule has 3 N–H and O–H groups in total. The molecule has 0 unspecified atom stereocenters. The van der Waals surface area contributed by atoms with E-state index in [2.05, 4.69) is 0 Å². The first-order valence-electron chi connectivity index (χ1n) is 6.18. The van der Waals surface area contributed by atoms with Gasteiger partial charge in [0, 0.05) is 17.6 Å². The molecular weight excluding hydrogens is 270 g/mol. The Hall–Kier alpha value is -0.340. The smallest absolute Gasteiger partial charge is 0.321 e. The van der Waals surface area contributed by atoms with Crippen molar-refractivity contribution in [2.24, 2.45) is 5.73 Å². The third-order valence-electron chi connectivity index (χ3n) is 2.52. The van der Waals surface area contributed by atoms with Crippen LogP contribution in [0.3, 0.4) is 0 Å². The molecule has 0 aromatic rings. The Balaban J connectivity index is 3.50. The van der Waals surface area contributed by atoms with Gasteiger partial charge in [0.15, 0.2) is 0 Å². The van der Waals surface area contributed by atoms with Gasteiger partial charge < -0.3 is 25.1 Å². The summed E-state index contributed by atoms with van der Waals surface area (Å²) < 4.78 is 14.9. The molecule has 0 saturated heterocycles. The van der Waals surface area contributed by atoms with E-state index >= 15 is 0 Å². The van der Waals surface area contributed by atoms with E-state index in [-0.39, 0.29) is 0 Å². The van der Waals surface area contributed by atoms with Crippen molar-refractivity contribution >= 4 is 17.7 Å². The Morgan fingerprint density at radius 2 is 1.74 bits per heavy atom. The van der Waals surface area contributed by atoms with Crippen molar-refractivity contribution in [2.45, 2.75) is 24.6 Å². The van der Waals surface area contributed by atoms with Crippen LogP contribution < -0.4 is 5.73 Å². The molecule has 0 heterocycles. The molecule has 114 valence electrons. The number of aliphatic carboxylic acids is 1. The zero-order chi connectivity index (χ0) is 14.7. The molecule has 0 rings (SSSR count). The number of nitrogens with two attached hydrogens (primary N) is 1. The monoisotopic (exact) mass is 295 g/mol. The minimum Gasteiger partial charge on any atom is -0.480 e.